The molecule has 3 aliphatic rings. The van der Waals surface area contributed by atoms with Crippen LogP contribution in [-0.2, 0) is 25.4 Å². The standard InChI is InChI=1S/C32H31Cl2F2N3O4/c33-25-8-6-23(18-26(25)34)32(21-38(29(40)20-43-32)24-4-2-1-3-5-24)12-15-37-13-10-31(11-14-37,39-16-17-42-30(39)41)22-7-9-27(35)28(36)19-22/h1-9,18-19H,10-17,20-21H2. The van der Waals surface area contributed by atoms with E-state index in [1.54, 1.807) is 28.0 Å². The fourth-order valence-corrected chi connectivity index (χ4v) is 6.83. The largest absolute Gasteiger partial charge is 0.448 e. The summed E-state index contributed by atoms with van der Waals surface area (Å²) in [4.78, 5) is 31.4. The van der Waals surface area contributed by atoms with Crippen LogP contribution in [0.15, 0.2) is 66.7 Å². The first-order valence-corrected chi connectivity index (χ1v) is 15.0. The Morgan fingerprint density at radius 1 is 0.837 bits per heavy atom. The van der Waals surface area contributed by atoms with Crippen molar-refractivity contribution >= 4 is 40.9 Å². The Bertz CT molecular complexity index is 1520. The van der Waals surface area contributed by atoms with Gasteiger partial charge in [0.15, 0.2) is 11.6 Å². The minimum absolute atomic E-state index is 0.0918. The molecule has 3 fully saturated rings. The van der Waals surface area contributed by atoms with Crippen LogP contribution in [0.5, 0.6) is 0 Å². The number of likely N-dealkylation sites (tertiary alicyclic amines) is 1. The zero-order chi connectivity index (χ0) is 30.2. The smallest absolute Gasteiger partial charge is 0.410 e. The van der Waals surface area contributed by atoms with Crippen molar-refractivity contribution in [1.29, 1.82) is 0 Å². The van der Waals surface area contributed by atoms with E-state index in [-0.39, 0.29) is 19.1 Å². The number of cyclic esters (lactones) is 1. The van der Waals surface area contributed by atoms with Gasteiger partial charge in [-0.3, -0.25) is 9.69 Å². The Labute approximate surface area is 258 Å². The van der Waals surface area contributed by atoms with E-state index in [9.17, 15) is 18.4 Å². The van der Waals surface area contributed by atoms with Crippen molar-refractivity contribution < 1.29 is 27.8 Å². The van der Waals surface area contributed by atoms with Crippen LogP contribution in [0.4, 0.5) is 19.3 Å². The predicted octanol–water partition coefficient (Wildman–Crippen LogP) is 6.36. The topological polar surface area (TPSA) is 62.3 Å². The number of amides is 2. The molecule has 2 amide bonds. The van der Waals surface area contributed by atoms with Crippen molar-refractivity contribution in [2.45, 2.75) is 30.4 Å². The number of piperidine rings is 1. The molecule has 11 heteroatoms. The number of benzene rings is 3. The molecule has 0 saturated carbocycles. The van der Waals surface area contributed by atoms with Crippen LogP contribution >= 0.6 is 23.2 Å². The molecule has 0 radical (unpaired) electrons. The first kappa shape index (κ1) is 29.8. The number of carbonyl (C=O) groups excluding carboxylic acids is 2. The summed E-state index contributed by atoms with van der Waals surface area (Å²) in [7, 11) is 0. The van der Waals surface area contributed by atoms with E-state index in [1.165, 1.54) is 6.07 Å². The number of rotatable bonds is 7. The molecule has 3 aromatic rings. The lowest BCUT2D eigenvalue weighted by atomic mass is 9.79. The zero-order valence-electron chi connectivity index (χ0n) is 23.4. The van der Waals surface area contributed by atoms with Crippen molar-refractivity contribution in [2.75, 3.05) is 50.8 Å². The van der Waals surface area contributed by atoms with Gasteiger partial charge < -0.3 is 19.3 Å². The summed E-state index contributed by atoms with van der Waals surface area (Å²) < 4.78 is 39.8. The van der Waals surface area contributed by atoms with Crippen molar-refractivity contribution in [2.24, 2.45) is 0 Å². The van der Waals surface area contributed by atoms with Gasteiger partial charge in [0, 0.05) is 25.3 Å². The average Bonchev–Trinajstić information content (AvgIpc) is 3.46. The number of nitrogens with zero attached hydrogens (tertiary/aromatic N) is 3. The maximum atomic E-state index is 14.4. The Morgan fingerprint density at radius 2 is 1.58 bits per heavy atom. The molecule has 226 valence electrons. The lowest BCUT2D eigenvalue weighted by molar-refractivity contribution is -0.141. The molecule has 3 aliphatic heterocycles. The number of anilines is 1. The highest BCUT2D eigenvalue weighted by molar-refractivity contribution is 6.42. The van der Waals surface area contributed by atoms with E-state index in [0.29, 0.717) is 67.6 Å². The number of para-hydroxylation sites is 1. The van der Waals surface area contributed by atoms with E-state index in [4.69, 9.17) is 32.7 Å². The zero-order valence-corrected chi connectivity index (χ0v) is 24.9. The number of hydrogen-bond donors (Lipinski definition) is 0. The summed E-state index contributed by atoms with van der Waals surface area (Å²) in [5, 5.41) is 0.828. The molecule has 3 aromatic carbocycles. The fourth-order valence-electron chi connectivity index (χ4n) is 6.53. The van der Waals surface area contributed by atoms with Gasteiger partial charge in [-0.1, -0.05) is 53.5 Å². The third-order valence-corrected chi connectivity index (χ3v) is 9.69. The van der Waals surface area contributed by atoms with Gasteiger partial charge in [-0.2, -0.15) is 0 Å². The minimum Gasteiger partial charge on any atom is -0.448 e. The lowest BCUT2D eigenvalue weighted by Gasteiger charge is -2.48. The lowest BCUT2D eigenvalue weighted by Crippen LogP contribution is -2.56. The van der Waals surface area contributed by atoms with Crippen molar-refractivity contribution in [3.05, 3.63) is 99.5 Å². The second kappa shape index (κ2) is 12.0. The van der Waals surface area contributed by atoms with Crippen LogP contribution in [0, 0.1) is 11.6 Å². The second-order valence-corrected chi connectivity index (χ2v) is 12.1. The summed E-state index contributed by atoms with van der Waals surface area (Å²) in [5.41, 5.74) is 0.503. The SMILES string of the molecule is O=C1COC(CCN2CCC(c3ccc(F)c(F)c3)(N3CCOC3=O)CC2)(c2ccc(Cl)c(Cl)c2)CN1c1ccccc1. The van der Waals surface area contributed by atoms with E-state index in [2.05, 4.69) is 4.90 Å². The summed E-state index contributed by atoms with van der Waals surface area (Å²) in [6.07, 6.45) is 1.13. The normalized spacial score (nSPS) is 22.6. The van der Waals surface area contributed by atoms with E-state index in [1.807, 2.05) is 36.4 Å². The van der Waals surface area contributed by atoms with Crippen molar-refractivity contribution in [3.63, 3.8) is 0 Å². The summed E-state index contributed by atoms with van der Waals surface area (Å²) in [5.74, 6) is -2.00. The fraction of sp³-hybridized carbons (Fsp3) is 0.375. The molecule has 7 nitrogen and oxygen atoms in total. The quantitative estimate of drug-likeness (QED) is 0.304. The molecule has 3 heterocycles. The molecular formula is C32H31Cl2F2N3O4. The molecule has 1 unspecified atom stereocenters. The summed E-state index contributed by atoms with van der Waals surface area (Å²) in [6.45, 7) is 2.66. The third kappa shape index (κ3) is 5.71. The van der Waals surface area contributed by atoms with Crippen molar-refractivity contribution in [1.82, 2.24) is 9.80 Å². The minimum atomic E-state index is -0.942. The molecule has 0 spiro atoms. The van der Waals surface area contributed by atoms with Gasteiger partial charge in [-0.15, -0.1) is 0 Å². The Hall–Kier alpha value is -3.24. The number of carbonyl (C=O) groups is 2. The first-order chi connectivity index (χ1) is 20.7. The Kier molecular flexibility index (Phi) is 8.35. The van der Waals surface area contributed by atoms with Gasteiger partial charge in [0.2, 0.25) is 0 Å². The number of ether oxygens (including phenoxy) is 2. The number of halogens is 4. The van der Waals surface area contributed by atoms with Gasteiger partial charge in [0.05, 0.1) is 28.7 Å². The molecular weight excluding hydrogens is 599 g/mol. The first-order valence-electron chi connectivity index (χ1n) is 14.3. The highest BCUT2D eigenvalue weighted by Crippen LogP contribution is 2.43. The Balaban J connectivity index is 1.25. The molecule has 0 aromatic heterocycles. The highest BCUT2D eigenvalue weighted by Gasteiger charge is 2.48. The van der Waals surface area contributed by atoms with Crippen LogP contribution in [-0.4, -0.2) is 67.7 Å². The van der Waals surface area contributed by atoms with E-state index >= 15 is 0 Å². The Morgan fingerprint density at radius 3 is 2.26 bits per heavy atom. The van der Waals surface area contributed by atoms with Gasteiger partial charge in [-0.05, 0) is 66.8 Å². The third-order valence-electron chi connectivity index (χ3n) is 8.95. The molecule has 3 saturated heterocycles. The van der Waals surface area contributed by atoms with Gasteiger partial charge in [-0.25, -0.2) is 13.6 Å². The van der Waals surface area contributed by atoms with Gasteiger partial charge in [0.25, 0.3) is 5.91 Å². The molecule has 6 rings (SSSR count). The monoisotopic (exact) mass is 629 g/mol. The predicted molar refractivity (Wildman–Crippen MR) is 159 cm³/mol. The average molecular weight is 631 g/mol. The molecule has 1 atom stereocenters. The molecule has 43 heavy (non-hydrogen) atoms. The highest BCUT2D eigenvalue weighted by atomic mass is 35.5. The second-order valence-electron chi connectivity index (χ2n) is 11.2. The number of hydrogen-bond acceptors (Lipinski definition) is 5. The van der Waals surface area contributed by atoms with Crippen LogP contribution < -0.4 is 4.90 Å². The molecule has 0 bridgehead atoms. The van der Waals surface area contributed by atoms with Crippen LogP contribution in [0.25, 0.3) is 0 Å². The van der Waals surface area contributed by atoms with Gasteiger partial charge >= 0.3 is 6.09 Å². The van der Waals surface area contributed by atoms with Crippen molar-refractivity contribution in [3.8, 4) is 0 Å². The van der Waals surface area contributed by atoms with Crippen LogP contribution in [0.3, 0.4) is 0 Å². The van der Waals surface area contributed by atoms with Gasteiger partial charge in [0.1, 0.15) is 18.8 Å². The van der Waals surface area contributed by atoms with Crippen LogP contribution in [0.2, 0.25) is 10.0 Å². The van der Waals surface area contributed by atoms with E-state index in [0.717, 1.165) is 17.3 Å². The maximum absolute atomic E-state index is 14.4. The number of morpholine rings is 1. The summed E-state index contributed by atoms with van der Waals surface area (Å²) >= 11 is 12.7. The van der Waals surface area contributed by atoms with Crippen LogP contribution in [0.1, 0.15) is 30.4 Å². The molecule has 0 aliphatic carbocycles. The van der Waals surface area contributed by atoms with E-state index < -0.39 is 28.9 Å². The maximum Gasteiger partial charge on any atom is 0.410 e. The molecule has 0 N–H and O–H groups in total. The summed E-state index contributed by atoms with van der Waals surface area (Å²) in [6, 6.07) is 18.8.